The number of rotatable bonds is 5. The van der Waals surface area contributed by atoms with Crippen LogP contribution in [0.25, 0.3) is 0 Å². The molecule has 0 saturated carbocycles. The largest absolute Gasteiger partial charge is 0.416 e. The van der Waals surface area contributed by atoms with Crippen LogP contribution in [0.2, 0.25) is 0 Å². The first kappa shape index (κ1) is 26.2. The average Bonchev–Trinajstić information content (AvgIpc) is 3.51. The molecule has 0 radical (unpaired) electrons. The number of hydrogen-bond donors (Lipinski definition) is 1. The van der Waals surface area contributed by atoms with Crippen molar-refractivity contribution < 1.29 is 35.9 Å². The molecule has 7 nitrogen and oxygen atoms in total. The highest BCUT2D eigenvalue weighted by molar-refractivity contribution is 5.87. The molecule has 0 spiro atoms. The number of nitrogens with two attached hydrogens (primary N) is 1. The van der Waals surface area contributed by atoms with E-state index < -0.39 is 59.6 Å². The van der Waals surface area contributed by atoms with Crippen LogP contribution in [-0.2, 0) is 21.9 Å². The van der Waals surface area contributed by atoms with Crippen LogP contribution in [-0.4, -0.2) is 70.3 Å². The summed E-state index contributed by atoms with van der Waals surface area (Å²) in [6.07, 6.45) is -8.37. The predicted octanol–water partition coefficient (Wildman–Crippen LogP) is 2.91. The van der Waals surface area contributed by atoms with Gasteiger partial charge in [-0.15, -0.1) is 0 Å². The molecule has 3 aliphatic rings. The summed E-state index contributed by atoms with van der Waals surface area (Å²) in [5.41, 5.74) is 2.97. The molecule has 3 fully saturated rings. The number of likely N-dealkylation sites (tertiary alicyclic amines) is 3. The van der Waals surface area contributed by atoms with E-state index in [1.807, 2.05) is 0 Å². The Kier molecular flexibility index (Phi) is 6.72. The first-order chi connectivity index (χ1) is 16.7. The zero-order valence-corrected chi connectivity index (χ0v) is 19.3. The van der Waals surface area contributed by atoms with Crippen LogP contribution in [0.5, 0.6) is 0 Å². The molecule has 3 heterocycles. The molecule has 2 bridgehead atoms. The molecule has 1 aromatic rings. The van der Waals surface area contributed by atoms with Gasteiger partial charge in [0.15, 0.2) is 0 Å². The van der Waals surface area contributed by atoms with E-state index in [2.05, 4.69) is 6.07 Å². The number of alkyl halides is 6. The van der Waals surface area contributed by atoms with Gasteiger partial charge >= 0.3 is 12.4 Å². The van der Waals surface area contributed by atoms with E-state index in [4.69, 9.17) is 5.73 Å². The minimum Gasteiger partial charge on any atom is -0.330 e. The lowest BCUT2D eigenvalue weighted by Gasteiger charge is -2.38. The second-order valence-corrected chi connectivity index (χ2v) is 9.55. The Balaban J connectivity index is 1.49. The van der Waals surface area contributed by atoms with E-state index in [9.17, 15) is 41.2 Å². The molecule has 1 unspecified atom stereocenters. The number of carbonyl (C=O) groups excluding carboxylic acids is 2. The minimum atomic E-state index is -4.98. The highest BCUT2D eigenvalue weighted by Gasteiger charge is 2.52. The van der Waals surface area contributed by atoms with Crippen LogP contribution >= 0.6 is 0 Å². The van der Waals surface area contributed by atoms with Crippen molar-refractivity contribution in [1.82, 2.24) is 14.7 Å². The summed E-state index contributed by atoms with van der Waals surface area (Å²) in [4.78, 5) is 30.3. The van der Waals surface area contributed by atoms with Gasteiger partial charge in [-0.1, -0.05) is 0 Å². The molecule has 2 N–H and O–H groups in total. The van der Waals surface area contributed by atoms with Crippen molar-refractivity contribution in [1.29, 1.82) is 5.26 Å². The third-order valence-corrected chi connectivity index (χ3v) is 7.26. The molecule has 1 aromatic carbocycles. The molecular formula is C23H25F6N5O2. The van der Waals surface area contributed by atoms with E-state index in [1.54, 1.807) is 4.90 Å². The summed E-state index contributed by atoms with van der Waals surface area (Å²) < 4.78 is 79.7. The monoisotopic (exact) mass is 517 g/mol. The SMILES string of the molecule is C[C@@H](c1cc(C(F)(F)F)cc(C(F)(F)F)c1)N1C(=O)[C@@H]2CC1CN2C[C@H](N)C(=O)N1CCC[C@H]1C#N. The number of fused-ring (bicyclic) bond motifs is 2. The number of nitriles is 1. The maximum Gasteiger partial charge on any atom is 0.416 e. The molecule has 0 aliphatic carbocycles. The Morgan fingerprint density at radius 3 is 2.31 bits per heavy atom. The minimum absolute atomic E-state index is 0.0599. The number of nitrogens with zero attached hydrogens (tertiary/aromatic N) is 4. The van der Waals surface area contributed by atoms with Crippen molar-refractivity contribution >= 4 is 11.8 Å². The van der Waals surface area contributed by atoms with E-state index in [1.165, 1.54) is 16.7 Å². The van der Waals surface area contributed by atoms with Crippen LogP contribution < -0.4 is 5.73 Å². The second-order valence-electron chi connectivity index (χ2n) is 9.55. The predicted molar refractivity (Wildman–Crippen MR) is 114 cm³/mol. The first-order valence-corrected chi connectivity index (χ1v) is 11.5. The van der Waals surface area contributed by atoms with Crippen LogP contribution in [0.1, 0.15) is 48.9 Å². The van der Waals surface area contributed by atoms with E-state index in [-0.39, 0.29) is 30.6 Å². The third kappa shape index (κ3) is 4.76. The molecular weight excluding hydrogens is 492 g/mol. The summed E-state index contributed by atoms with van der Waals surface area (Å²) in [5.74, 6) is -0.816. The Morgan fingerprint density at radius 1 is 1.17 bits per heavy atom. The van der Waals surface area contributed by atoms with E-state index >= 15 is 0 Å². The van der Waals surface area contributed by atoms with Gasteiger partial charge in [0.1, 0.15) is 6.04 Å². The fourth-order valence-corrected chi connectivity index (χ4v) is 5.49. The molecule has 2 amide bonds. The average molecular weight is 517 g/mol. The lowest BCUT2D eigenvalue weighted by atomic mass is 9.98. The number of carbonyl (C=O) groups is 2. The summed E-state index contributed by atoms with van der Waals surface area (Å²) in [7, 11) is 0. The number of halogens is 6. The Bertz CT molecular complexity index is 1050. The molecule has 196 valence electrons. The van der Waals surface area contributed by atoms with Crippen LogP contribution in [0.4, 0.5) is 26.3 Å². The summed E-state index contributed by atoms with van der Waals surface area (Å²) in [6, 6.07) is -0.208. The molecule has 13 heteroatoms. The van der Waals surface area contributed by atoms with Gasteiger partial charge in [0, 0.05) is 25.7 Å². The highest BCUT2D eigenvalue weighted by atomic mass is 19.4. The summed E-state index contributed by atoms with van der Waals surface area (Å²) >= 11 is 0. The molecule has 5 atom stereocenters. The van der Waals surface area contributed by atoms with Gasteiger partial charge in [0.25, 0.3) is 0 Å². The van der Waals surface area contributed by atoms with Crippen molar-refractivity contribution in [2.24, 2.45) is 5.73 Å². The zero-order valence-electron chi connectivity index (χ0n) is 19.3. The zero-order chi connectivity index (χ0) is 26.6. The van der Waals surface area contributed by atoms with Gasteiger partial charge in [0.2, 0.25) is 11.8 Å². The lowest BCUT2D eigenvalue weighted by molar-refractivity contribution is -0.143. The second kappa shape index (κ2) is 9.23. The topological polar surface area (TPSA) is 93.7 Å². The third-order valence-electron chi connectivity index (χ3n) is 7.26. The van der Waals surface area contributed by atoms with Gasteiger partial charge in [-0.2, -0.15) is 31.6 Å². The smallest absolute Gasteiger partial charge is 0.330 e. The number of hydrogen-bond acceptors (Lipinski definition) is 5. The van der Waals surface area contributed by atoms with Crippen LogP contribution in [0.3, 0.4) is 0 Å². The van der Waals surface area contributed by atoms with Gasteiger partial charge in [-0.3, -0.25) is 14.5 Å². The molecule has 36 heavy (non-hydrogen) atoms. The normalized spacial score (nSPS) is 26.4. The van der Waals surface area contributed by atoms with Gasteiger partial charge in [-0.25, -0.2) is 0 Å². The van der Waals surface area contributed by atoms with Crippen LogP contribution in [0.15, 0.2) is 18.2 Å². The fourth-order valence-electron chi connectivity index (χ4n) is 5.49. The van der Waals surface area contributed by atoms with Crippen molar-refractivity contribution in [3.05, 3.63) is 34.9 Å². The maximum absolute atomic E-state index is 13.3. The number of piperazine rings is 1. The summed E-state index contributed by atoms with van der Waals surface area (Å²) in [6.45, 7) is 2.18. The van der Waals surface area contributed by atoms with E-state index in [0.717, 1.165) is 0 Å². The Morgan fingerprint density at radius 2 is 1.78 bits per heavy atom. The quantitative estimate of drug-likeness (QED) is 0.607. The molecule has 4 rings (SSSR count). The summed E-state index contributed by atoms with van der Waals surface area (Å²) in [5, 5.41) is 9.20. The number of benzene rings is 1. The highest BCUT2D eigenvalue weighted by Crippen LogP contribution is 2.42. The van der Waals surface area contributed by atoms with Crippen molar-refractivity contribution in [3.8, 4) is 6.07 Å². The number of amides is 2. The van der Waals surface area contributed by atoms with Gasteiger partial charge < -0.3 is 15.5 Å². The molecule has 3 saturated heterocycles. The maximum atomic E-state index is 13.3. The van der Waals surface area contributed by atoms with Gasteiger partial charge in [0.05, 0.1) is 35.3 Å². The van der Waals surface area contributed by atoms with Gasteiger partial charge in [-0.05, 0) is 49.9 Å². The van der Waals surface area contributed by atoms with Crippen molar-refractivity contribution in [2.45, 2.75) is 68.7 Å². The standard InChI is InChI=1S/C23H25F6N5O2/c1-12(13-5-14(22(24,25)26)7-15(6-13)23(27,28)29)34-17-8-19(21(34)36)32(10-17)11-18(31)20(35)33-4-2-3-16(33)9-30/h5-7,12,16-19H,2-4,8,10-11,31H2,1H3/t12-,16-,17?,18-,19-/m0/s1. The molecule has 3 aliphatic heterocycles. The lowest BCUT2D eigenvalue weighted by Crippen LogP contribution is -2.56. The van der Waals surface area contributed by atoms with Crippen molar-refractivity contribution in [3.63, 3.8) is 0 Å². The Hall–Kier alpha value is -2.85. The molecule has 0 aromatic heterocycles. The fraction of sp³-hybridized carbons (Fsp3) is 0.609. The van der Waals surface area contributed by atoms with E-state index in [0.29, 0.717) is 37.9 Å². The van der Waals surface area contributed by atoms with Crippen molar-refractivity contribution in [2.75, 3.05) is 19.6 Å². The van der Waals surface area contributed by atoms with Crippen LogP contribution in [0, 0.1) is 11.3 Å². The Labute approximate surface area is 203 Å². The first-order valence-electron chi connectivity index (χ1n) is 11.5.